The Bertz CT molecular complexity index is 943. The normalized spacial score (nSPS) is 11.8. The predicted molar refractivity (Wildman–Crippen MR) is 149 cm³/mol. The minimum absolute atomic E-state index is 0.00987. The number of nitrogens with zero attached hydrogens (tertiary/aromatic N) is 1. The van der Waals surface area contributed by atoms with Gasteiger partial charge in [-0.3, -0.25) is 14.4 Å². The Labute approximate surface area is 232 Å². The molecule has 10 nitrogen and oxygen atoms in total. The molecule has 0 radical (unpaired) electrons. The minimum atomic E-state index is -1.17. The maximum Gasteiger partial charge on any atom is 0.408 e. The Kier molecular flexibility index (Phi) is 15.0. The Morgan fingerprint density at radius 1 is 1.00 bits per heavy atom. The number of para-hydroxylation sites is 1. The van der Waals surface area contributed by atoms with Crippen LogP contribution in [-0.2, 0) is 23.9 Å². The largest absolute Gasteiger partial charge is 0.507 e. The highest BCUT2D eigenvalue weighted by atomic mass is 16.6. The number of phenolic OH excluding ortho intramolecular Hbond substituents is 1. The molecule has 0 saturated heterocycles. The summed E-state index contributed by atoms with van der Waals surface area (Å²) in [5.41, 5.74) is 0.0795. The number of unbranched alkanes of at least 4 members (excludes halogenated alkanes) is 5. The number of aryl methyl sites for hydroxylation is 1. The van der Waals surface area contributed by atoms with Crippen LogP contribution in [0.15, 0.2) is 18.2 Å². The van der Waals surface area contributed by atoms with Gasteiger partial charge in [-0.25, -0.2) is 4.79 Å². The highest BCUT2D eigenvalue weighted by molar-refractivity contribution is 5.91. The van der Waals surface area contributed by atoms with Crippen molar-refractivity contribution in [3.05, 3.63) is 29.3 Å². The van der Waals surface area contributed by atoms with E-state index in [1.165, 1.54) is 4.90 Å². The minimum Gasteiger partial charge on any atom is -0.507 e. The molecule has 0 aliphatic rings. The zero-order valence-corrected chi connectivity index (χ0v) is 24.4. The molecule has 0 aliphatic heterocycles. The van der Waals surface area contributed by atoms with Crippen LogP contribution in [0.4, 0.5) is 4.79 Å². The summed E-state index contributed by atoms with van der Waals surface area (Å²) in [5.74, 6) is -1.59. The van der Waals surface area contributed by atoms with Gasteiger partial charge in [-0.1, -0.05) is 57.2 Å². The number of aromatic hydroxyl groups is 1. The van der Waals surface area contributed by atoms with E-state index in [0.717, 1.165) is 32.1 Å². The van der Waals surface area contributed by atoms with Gasteiger partial charge in [0.1, 0.15) is 23.9 Å². The van der Waals surface area contributed by atoms with Crippen molar-refractivity contribution in [3.8, 4) is 5.75 Å². The molecular weight excluding hydrogens is 502 g/mol. The monoisotopic (exact) mass is 549 g/mol. The lowest BCUT2D eigenvalue weighted by atomic mass is 9.99. The number of hydrogen-bond acceptors (Lipinski definition) is 7. The quantitative estimate of drug-likeness (QED) is 0.204. The fourth-order valence-corrected chi connectivity index (χ4v) is 3.99. The lowest BCUT2D eigenvalue weighted by Gasteiger charge is -2.32. The van der Waals surface area contributed by atoms with Gasteiger partial charge >= 0.3 is 12.1 Å². The average Bonchev–Trinajstić information content (AvgIpc) is 2.85. The van der Waals surface area contributed by atoms with Crippen molar-refractivity contribution in [1.82, 2.24) is 15.5 Å². The number of carbonyl (C=O) groups excluding carboxylic acids is 4. The Morgan fingerprint density at radius 2 is 1.67 bits per heavy atom. The molecule has 3 amide bonds. The summed E-state index contributed by atoms with van der Waals surface area (Å²) < 4.78 is 10.2. The second kappa shape index (κ2) is 17.3. The van der Waals surface area contributed by atoms with Crippen molar-refractivity contribution in [2.75, 3.05) is 26.2 Å². The van der Waals surface area contributed by atoms with Crippen LogP contribution in [0.3, 0.4) is 0 Å². The number of benzene rings is 1. The zero-order valence-electron chi connectivity index (χ0n) is 24.4. The average molecular weight is 550 g/mol. The highest BCUT2D eigenvalue weighted by Crippen LogP contribution is 2.32. The molecule has 0 spiro atoms. The number of rotatable bonds is 16. The third-order valence-electron chi connectivity index (χ3n) is 5.91. The first-order valence-corrected chi connectivity index (χ1v) is 13.9. The van der Waals surface area contributed by atoms with Crippen LogP contribution >= 0.6 is 0 Å². The lowest BCUT2D eigenvalue weighted by Crippen LogP contribution is -2.48. The standard InChI is InChI=1S/C29H47N3O7/c1-7-9-10-11-12-13-19-32(23(33)20-31-28(37)39-29(4,5)6)25(22-16-14-15-21(3)26(22)35)27(36)30-18-17-24(34)38-8-2/h14-16,25,35H,7-13,17-20H2,1-6H3,(H,30,36)(H,31,37). The molecule has 1 atom stereocenters. The first kappa shape index (κ1) is 33.7. The second-order valence-corrected chi connectivity index (χ2v) is 10.5. The maximum atomic E-state index is 13.5. The molecule has 10 heteroatoms. The summed E-state index contributed by atoms with van der Waals surface area (Å²) in [4.78, 5) is 52.4. The van der Waals surface area contributed by atoms with Crippen molar-refractivity contribution in [2.24, 2.45) is 0 Å². The van der Waals surface area contributed by atoms with Crippen LogP contribution in [0.2, 0.25) is 0 Å². The summed E-state index contributed by atoms with van der Waals surface area (Å²) in [6.07, 6.45) is 5.05. The fourth-order valence-electron chi connectivity index (χ4n) is 3.99. The molecule has 0 bridgehead atoms. The van der Waals surface area contributed by atoms with Gasteiger partial charge in [-0.15, -0.1) is 0 Å². The maximum absolute atomic E-state index is 13.5. The molecule has 39 heavy (non-hydrogen) atoms. The van der Waals surface area contributed by atoms with Crippen molar-refractivity contribution in [2.45, 2.75) is 98.1 Å². The van der Waals surface area contributed by atoms with Crippen LogP contribution in [0.1, 0.15) is 96.7 Å². The number of nitrogens with one attached hydrogen (secondary N) is 2. The number of amides is 3. The molecule has 0 aromatic heterocycles. The van der Waals surface area contributed by atoms with E-state index in [9.17, 15) is 24.3 Å². The van der Waals surface area contributed by atoms with Crippen molar-refractivity contribution >= 4 is 23.9 Å². The zero-order chi connectivity index (χ0) is 29.4. The fraction of sp³-hybridized carbons (Fsp3) is 0.655. The van der Waals surface area contributed by atoms with E-state index in [2.05, 4.69) is 17.6 Å². The van der Waals surface area contributed by atoms with Gasteiger partial charge in [0.25, 0.3) is 0 Å². The van der Waals surface area contributed by atoms with Crippen LogP contribution in [-0.4, -0.2) is 65.7 Å². The van der Waals surface area contributed by atoms with E-state index in [1.54, 1.807) is 52.8 Å². The molecule has 1 rings (SSSR count). The smallest absolute Gasteiger partial charge is 0.408 e. The van der Waals surface area contributed by atoms with Crippen LogP contribution in [0, 0.1) is 6.92 Å². The Hall–Kier alpha value is -3.30. The predicted octanol–water partition coefficient (Wildman–Crippen LogP) is 4.52. The summed E-state index contributed by atoms with van der Waals surface area (Å²) in [7, 11) is 0. The first-order valence-electron chi connectivity index (χ1n) is 13.9. The van der Waals surface area contributed by atoms with Gasteiger partial charge in [-0.05, 0) is 46.6 Å². The van der Waals surface area contributed by atoms with Gasteiger partial charge in [0.15, 0.2) is 0 Å². The molecule has 0 fully saturated rings. The topological polar surface area (TPSA) is 134 Å². The van der Waals surface area contributed by atoms with E-state index in [1.807, 2.05) is 0 Å². The third-order valence-corrected chi connectivity index (χ3v) is 5.91. The van der Waals surface area contributed by atoms with Crippen LogP contribution in [0.25, 0.3) is 0 Å². The van der Waals surface area contributed by atoms with Gasteiger partial charge < -0.3 is 30.1 Å². The van der Waals surface area contributed by atoms with Crippen molar-refractivity contribution in [3.63, 3.8) is 0 Å². The number of hydrogen-bond donors (Lipinski definition) is 3. The van der Waals surface area contributed by atoms with Gasteiger partial charge in [0.05, 0.1) is 13.0 Å². The summed E-state index contributed by atoms with van der Waals surface area (Å²) in [6, 6.07) is 3.84. The van der Waals surface area contributed by atoms with E-state index in [-0.39, 0.29) is 44.0 Å². The number of alkyl carbamates (subject to hydrolysis) is 1. The van der Waals surface area contributed by atoms with E-state index in [4.69, 9.17) is 9.47 Å². The van der Waals surface area contributed by atoms with Crippen molar-refractivity contribution in [1.29, 1.82) is 0 Å². The molecule has 1 unspecified atom stereocenters. The number of phenols is 1. The van der Waals surface area contributed by atoms with E-state index < -0.39 is 35.5 Å². The van der Waals surface area contributed by atoms with Gasteiger partial charge in [0, 0.05) is 18.7 Å². The summed E-state index contributed by atoms with van der Waals surface area (Å²) in [5, 5.41) is 16.0. The molecule has 0 aliphatic carbocycles. The first-order chi connectivity index (χ1) is 18.4. The molecule has 0 heterocycles. The summed E-state index contributed by atoms with van der Waals surface area (Å²) >= 11 is 0. The van der Waals surface area contributed by atoms with Gasteiger partial charge in [-0.2, -0.15) is 0 Å². The highest BCUT2D eigenvalue weighted by Gasteiger charge is 2.33. The Morgan fingerprint density at radius 3 is 2.31 bits per heavy atom. The Balaban J connectivity index is 3.22. The molecule has 220 valence electrons. The molecule has 0 saturated carbocycles. The van der Waals surface area contributed by atoms with E-state index in [0.29, 0.717) is 12.0 Å². The number of esters is 1. The summed E-state index contributed by atoms with van der Waals surface area (Å²) in [6.45, 7) is 10.8. The lowest BCUT2D eigenvalue weighted by molar-refractivity contribution is -0.143. The number of carbonyl (C=O) groups is 4. The van der Waals surface area contributed by atoms with E-state index >= 15 is 0 Å². The second-order valence-electron chi connectivity index (χ2n) is 10.5. The van der Waals surface area contributed by atoms with Gasteiger partial charge in [0.2, 0.25) is 11.8 Å². The third kappa shape index (κ3) is 12.9. The van der Waals surface area contributed by atoms with Crippen LogP contribution < -0.4 is 10.6 Å². The molecular formula is C29H47N3O7. The van der Waals surface area contributed by atoms with Crippen LogP contribution in [0.5, 0.6) is 5.75 Å². The number of ether oxygens (including phenoxy) is 2. The molecule has 1 aromatic rings. The SMILES string of the molecule is CCCCCCCCN(C(=O)CNC(=O)OC(C)(C)C)C(C(=O)NCCC(=O)OCC)c1cccc(C)c1O. The molecule has 1 aromatic carbocycles. The van der Waals surface area contributed by atoms with Crippen molar-refractivity contribution < 1.29 is 33.8 Å². The molecule has 3 N–H and O–H groups in total.